The Balaban J connectivity index is 2.24. The zero-order valence-electron chi connectivity index (χ0n) is 10.8. The quantitative estimate of drug-likeness (QED) is 0.650. The molecule has 0 saturated heterocycles. The largest absolute Gasteiger partial charge is 0.275 e. The molecule has 0 radical (unpaired) electrons. The highest BCUT2D eigenvalue weighted by molar-refractivity contribution is 5.86. The lowest BCUT2D eigenvalue weighted by Crippen LogP contribution is -1.87. The molecule has 18 heavy (non-hydrogen) atoms. The van der Waals surface area contributed by atoms with Crippen LogP contribution in [0.4, 0.5) is 0 Å². The molecule has 0 spiro atoms. The van der Waals surface area contributed by atoms with Crippen LogP contribution in [0.15, 0.2) is 36.7 Å². The molecule has 0 aliphatic rings. The molecule has 0 bridgehead atoms. The summed E-state index contributed by atoms with van der Waals surface area (Å²) in [6, 6.07) is 8.42. The number of fused-ring (bicyclic) bond motifs is 1. The lowest BCUT2D eigenvalue weighted by molar-refractivity contribution is 0.779. The van der Waals surface area contributed by atoms with E-state index in [2.05, 4.69) is 42.1 Å². The number of hydrogen-bond donors (Lipinski definition) is 0. The fourth-order valence-corrected chi connectivity index (χ4v) is 2.27. The number of aryl methyl sites for hydroxylation is 3. The topological polar surface area (TPSA) is 30.7 Å². The van der Waals surface area contributed by atoms with E-state index in [1.807, 2.05) is 30.2 Å². The second kappa shape index (κ2) is 3.95. The molecule has 90 valence electrons. The van der Waals surface area contributed by atoms with Gasteiger partial charge in [0, 0.05) is 30.4 Å². The van der Waals surface area contributed by atoms with Crippen molar-refractivity contribution in [1.29, 1.82) is 0 Å². The molecule has 2 heterocycles. The van der Waals surface area contributed by atoms with Gasteiger partial charge in [-0.2, -0.15) is 5.10 Å². The third kappa shape index (κ3) is 1.78. The van der Waals surface area contributed by atoms with E-state index >= 15 is 0 Å². The summed E-state index contributed by atoms with van der Waals surface area (Å²) in [7, 11) is 1.95. The molecule has 1 aromatic carbocycles. The highest BCUT2D eigenvalue weighted by Crippen LogP contribution is 2.25. The fraction of sp³-hybridized carbons (Fsp3) is 0.200. The minimum Gasteiger partial charge on any atom is -0.275 e. The van der Waals surface area contributed by atoms with Crippen molar-refractivity contribution in [3.05, 3.63) is 47.8 Å². The average Bonchev–Trinajstić information content (AvgIpc) is 2.70. The monoisotopic (exact) mass is 237 g/mol. The van der Waals surface area contributed by atoms with Crippen LogP contribution in [-0.4, -0.2) is 14.8 Å². The Morgan fingerprint density at radius 1 is 1.11 bits per heavy atom. The highest BCUT2D eigenvalue weighted by atomic mass is 15.2. The number of benzene rings is 1. The van der Waals surface area contributed by atoms with Crippen molar-refractivity contribution in [2.24, 2.45) is 7.05 Å². The Bertz CT molecular complexity index is 726. The minimum absolute atomic E-state index is 1.02. The van der Waals surface area contributed by atoms with Gasteiger partial charge in [-0.1, -0.05) is 0 Å². The van der Waals surface area contributed by atoms with Gasteiger partial charge >= 0.3 is 0 Å². The van der Waals surface area contributed by atoms with Crippen LogP contribution in [0.1, 0.15) is 11.1 Å². The molecule has 3 nitrogen and oxygen atoms in total. The van der Waals surface area contributed by atoms with E-state index in [-0.39, 0.29) is 0 Å². The van der Waals surface area contributed by atoms with Crippen molar-refractivity contribution in [1.82, 2.24) is 14.8 Å². The van der Waals surface area contributed by atoms with Crippen LogP contribution in [0.25, 0.3) is 22.2 Å². The molecule has 0 aliphatic carbocycles. The number of aromatic nitrogens is 3. The third-order valence-electron chi connectivity index (χ3n) is 3.12. The maximum absolute atomic E-state index is 4.46. The Labute approximate surface area is 106 Å². The van der Waals surface area contributed by atoms with E-state index in [1.165, 1.54) is 11.1 Å². The smallest absolute Gasteiger partial charge is 0.0952 e. The van der Waals surface area contributed by atoms with Crippen LogP contribution in [-0.2, 0) is 7.05 Å². The van der Waals surface area contributed by atoms with Gasteiger partial charge in [0.1, 0.15) is 0 Å². The van der Waals surface area contributed by atoms with Crippen molar-refractivity contribution < 1.29 is 0 Å². The lowest BCUT2D eigenvalue weighted by Gasteiger charge is -2.04. The van der Waals surface area contributed by atoms with Gasteiger partial charge in [-0.15, -0.1) is 0 Å². The Morgan fingerprint density at radius 2 is 1.94 bits per heavy atom. The SMILES string of the molecule is Cc1ccnc(-c2cc(C)c3nn(C)cc3c2)c1. The molecule has 0 aliphatic heterocycles. The second-order valence-electron chi connectivity index (χ2n) is 4.75. The first-order valence-corrected chi connectivity index (χ1v) is 6.00. The van der Waals surface area contributed by atoms with Gasteiger partial charge in [-0.05, 0) is 49.2 Å². The molecule has 3 aromatic rings. The van der Waals surface area contributed by atoms with Crippen LogP contribution in [0.3, 0.4) is 0 Å². The van der Waals surface area contributed by atoms with Gasteiger partial charge in [0.15, 0.2) is 0 Å². The van der Waals surface area contributed by atoms with E-state index in [1.54, 1.807) is 0 Å². The van der Waals surface area contributed by atoms with E-state index in [4.69, 9.17) is 0 Å². The van der Waals surface area contributed by atoms with E-state index in [0.29, 0.717) is 0 Å². The average molecular weight is 237 g/mol. The van der Waals surface area contributed by atoms with Gasteiger partial charge in [-0.3, -0.25) is 9.67 Å². The zero-order chi connectivity index (χ0) is 12.7. The predicted molar refractivity (Wildman–Crippen MR) is 73.4 cm³/mol. The maximum Gasteiger partial charge on any atom is 0.0952 e. The number of nitrogens with zero attached hydrogens (tertiary/aromatic N) is 3. The number of rotatable bonds is 1. The standard InChI is InChI=1S/C15H15N3/c1-10-4-5-16-14(6-10)12-7-11(2)15-13(8-12)9-18(3)17-15/h4-9H,1-3H3. The first-order chi connectivity index (χ1) is 8.63. The molecule has 0 atom stereocenters. The Kier molecular flexibility index (Phi) is 2.40. The molecule has 2 aromatic heterocycles. The summed E-state index contributed by atoms with van der Waals surface area (Å²) in [6.45, 7) is 4.18. The molecule has 0 fully saturated rings. The molecule has 0 unspecified atom stereocenters. The molecular weight excluding hydrogens is 222 g/mol. The number of pyridine rings is 1. The van der Waals surface area contributed by atoms with Gasteiger partial charge in [0.25, 0.3) is 0 Å². The predicted octanol–water partition coefficient (Wildman–Crippen LogP) is 3.25. The normalized spacial score (nSPS) is 11.1. The number of hydrogen-bond acceptors (Lipinski definition) is 2. The second-order valence-corrected chi connectivity index (χ2v) is 4.75. The highest BCUT2D eigenvalue weighted by Gasteiger charge is 2.07. The van der Waals surface area contributed by atoms with Crippen LogP contribution < -0.4 is 0 Å². The van der Waals surface area contributed by atoms with Gasteiger partial charge < -0.3 is 0 Å². The summed E-state index contributed by atoms with van der Waals surface area (Å²) < 4.78 is 1.85. The first kappa shape index (κ1) is 11.0. The molecule has 3 heteroatoms. The van der Waals surface area contributed by atoms with Crippen molar-refractivity contribution in [2.45, 2.75) is 13.8 Å². The van der Waals surface area contributed by atoms with Crippen molar-refractivity contribution >= 4 is 10.9 Å². The van der Waals surface area contributed by atoms with Gasteiger partial charge in [0.2, 0.25) is 0 Å². The molecule has 0 saturated carbocycles. The summed E-state index contributed by atoms with van der Waals surface area (Å²) in [6.07, 6.45) is 3.90. The molecule has 0 N–H and O–H groups in total. The van der Waals surface area contributed by atoms with Crippen LogP contribution in [0.5, 0.6) is 0 Å². The maximum atomic E-state index is 4.46. The molecule has 0 amide bonds. The van der Waals surface area contributed by atoms with Crippen LogP contribution >= 0.6 is 0 Å². The van der Waals surface area contributed by atoms with Gasteiger partial charge in [-0.25, -0.2) is 0 Å². The minimum atomic E-state index is 1.02. The zero-order valence-corrected chi connectivity index (χ0v) is 10.8. The summed E-state index contributed by atoms with van der Waals surface area (Å²) in [5, 5.41) is 5.62. The first-order valence-electron chi connectivity index (χ1n) is 6.00. The van der Waals surface area contributed by atoms with Crippen molar-refractivity contribution in [2.75, 3.05) is 0 Å². The van der Waals surface area contributed by atoms with E-state index in [9.17, 15) is 0 Å². The Hall–Kier alpha value is -2.16. The summed E-state index contributed by atoms with van der Waals surface area (Å²) in [5.41, 5.74) is 5.64. The van der Waals surface area contributed by atoms with E-state index in [0.717, 1.165) is 22.2 Å². The fourth-order valence-electron chi connectivity index (χ4n) is 2.27. The Morgan fingerprint density at radius 3 is 2.72 bits per heavy atom. The van der Waals surface area contributed by atoms with E-state index < -0.39 is 0 Å². The van der Waals surface area contributed by atoms with Gasteiger partial charge in [0.05, 0.1) is 11.2 Å². The summed E-state index contributed by atoms with van der Waals surface area (Å²) in [4.78, 5) is 4.44. The summed E-state index contributed by atoms with van der Waals surface area (Å²) >= 11 is 0. The molecular formula is C15H15N3. The molecule has 3 rings (SSSR count). The van der Waals surface area contributed by atoms with Crippen molar-refractivity contribution in [3.63, 3.8) is 0 Å². The summed E-state index contributed by atoms with van der Waals surface area (Å²) in [5.74, 6) is 0. The third-order valence-corrected chi connectivity index (χ3v) is 3.12. The van der Waals surface area contributed by atoms with Crippen LogP contribution in [0, 0.1) is 13.8 Å². The lowest BCUT2D eigenvalue weighted by atomic mass is 10.0. The van der Waals surface area contributed by atoms with Crippen LogP contribution in [0.2, 0.25) is 0 Å². The van der Waals surface area contributed by atoms with Crippen molar-refractivity contribution in [3.8, 4) is 11.3 Å².